The van der Waals surface area contributed by atoms with Crippen LogP contribution in [-0.4, -0.2) is 108 Å². The van der Waals surface area contributed by atoms with Crippen molar-refractivity contribution in [1.29, 1.82) is 0 Å². The number of hydrogen-bond acceptors (Lipinski definition) is 12. The molecule has 12 heteroatoms. The molecule has 4 rings (SSSR count). The minimum Gasteiger partial charge on any atom is -0.469 e. The average Bonchev–Trinajstić information content (AvgIpc) is 3.59. The minimum atomic E-state index is -1.42. The highest BCUT2D eigenvalue weighted by molar-refractivity contribution is 5.89. The molecule has 1 unspecified atom stereocenters. The molecule has 0 aromatic heterocycles. The molecule has 0 spiro atoms. The van der Waals surface area contributed by atoms with Gasteiger partial charge in [-0.3, -0.25) is 4.79 Å². The molecule has 2 aliphatic rings. The molecule has 0 aliphatic carbocycles. The number of carbonyl (C=O) groups is 2. The van der Waals surface area contributed by atoms with Crippen molar-refractivity contribution in [2.75, 3.05) is 20.3 Å². The largest absolute Gasteiger partial charge is 0.469 e. The van der Waals surface area contributed by atoms with Crippen molar-refractivity contribution in [3.8, 4) is 0 Å². The highest BCUT2D eigenvalue weighted by atomic mass is 16.7. The van der Waals surface area contributed by atoms with E-state index < -0.39 is 61.0 Å². The zero-order chi connectivity index (χ0) is 33.6. The molecule has 2 heterocycles. The van der Waals surface area contributed by atoms with Gasteiger partial charge in [0.05, 0.1) is 55.8 Å². The maximum atomic E-state index is 13.2. The molecule has 2 fully saturated rings. The fraction of sp³-hybridized carbons (Fsp3) is 0.600. The smallest absolute Gasteiger partial charge is 0.338 e. The van der Waals surface area contributed by atoms with Gasteiger partial charge in [0.25, 0.3) is 0 Å². The van der Waals surface area contributed by atoms with Gasteiger partial charge in [-0.1, -0.05) is 74.2 Å². The Morgan fingerprint density at radius 2 is 1.55 bits per heavy atom. The average molecular weight is 660 g/mol. The van der Waals surface area contributed by atoms with Crippen LogP contribution in [0.1, 0.15) is 67.3 Å². The highest BCUT2D eigenvalue weighted by Crippen LogP contribution is 2.33. The Morgan fingerprint density at radius 1 is 0.894 bits per heavy atom. The Kier molecular flexibility index (Phi) is 15.0. The number of aliphatic hydroxyl groups excluding tert-OH is 4. The van der Waals surface area contributed by atoms with E-state index >= 15 is 0 Å². The van der Waals surface area contributed by atoms with Gasteiger partial charge in [0, 0.05) is 26.0 Å². The van der Waals surface area contributed by atoms with E-state index in [2.05, 4.69) is 10.1 Å². The summed E-state index contributed by atoms with van der Waals surface area (Å²) in [6.45, 7) is 0.575. The zero-order valence-electron chi connectivity index (χ0n) is 26.9. The molecular formula is C35H49NO11. The molecule has 2 aliphatic heterocycles. The Balaban J connectivity index is 1.43. The second-order valence-corrected chi connectivity index (χ2v) is 12.1. The molecule has 12 nitrogen and oxygen atoms in total. The van der Waals surface area contributed by atoms with Crippen LogP contribution >= 0.6 is 0 Å². The van der Waals surface area contributed by atoms with Crippen LogP contribution < -0.4 is 5.32 Å². The van der Waals surface area contributed by atoms with Crippen LogP contribution in [0.25, 0.3) is 0 Å². The van der Waals surface area contributed by atoms with Crippen LogP contribution in [0.5, 0.6) is 0 Å². The van der Waals surface area contributed by atoms with Crippen LogP contribution in [-0.2, 0) is 35.1 Å². The number of unbranched alkanes of at least 4 members (excludes halogenated alkanes) is 5. The normalized spacial score (nSPS) is 27.0. The Labute approximate surface area is 275 Å². The number of β-amino-alcohol motifs (C(OH)–C–C–N with tert-alkyl or cyclic N) is 1. The predicted molar refractivity (Wildman–Crippen MR) is 170 cm³/mol. The lowest BCUT2D eigenvalue weighted by Gasteiger charge is -2.29. The molecule has 0 saturated carbocycles. The number of aliphatic hydroxyl groups is 4. The number of nitrogens with one attached hydrogen (secondary N) is 1. The van der Waals surface area contributed by atoms with Crippen molar-refractivity contribution < 1.29 is 53.7 Å². The summed E-state index contributed by atoms with van der Waals surface area (Å²) < 4.78 is 29.4. The van der Waals surface area contributed by atoms with E-state index in [1.807, 2.05) is 30.3 Å². The van der Waals surface area contributed by atoms with Gasteiger partial charge in [-0.2, -0.15) is 0 Å². The molecule has 9 atom stereocenters. The highest BCUT2D eigenvalue weighted by Gasteiger charge is 2.50. The number of methoxy groups -OCH3 is 1. The molecule has 0 bridgehead atoms. The molecule has 47 heavy (non-hydrogen) atoms. The first-order valence-electron chi connectivity index (χ1n) is 16.5. The molecular weight excluding hydrogens is 610 g/mol. The van der Waals surface area contributed by atoms with E-state index in [-0.39, 0.29) is 25.5 Å². The van der Waals surface area contributed by atoms with Crippen molar-refractivity contribution in [1.82, 2.24) is 5.32 Å². The number of esters is 2. The summed E-state index contributed by atoms with van der Waals surface area (Å²) in [4.78, 5) is 24.5. The molecule has 2 aromatic rings. The number of hydrogen-bond donors (Lipinski definition) is 5. The van der Waals surface area contributed by atoms with E-state index in [0.717, 1.165) is 44.1 Å². The number of rotatable bonds is 19. The van der Waals surface area contributed by atoms with E-state index in [1.165, 1.54) is 7.11 Å². The number of ether oxygens (including phenoxy) is 5. The Morgan fingerprint density at radius 3 is 2.21 bits per heavy atom. The first kappa shape index (κ1) is 36.9. The SMILES string of the molecule is COC(=O)CCCCCCCCO[C@H]1O[C@H](CC(O)[C@H](O)[C@H]2NC[C@@H](O)[C@@H]2O)[C@@H](OCc2ccccc2)[C@@H]1OC(=O)c1ccccc1. The fourth-order valence-corrected chi connectivity index (χ4v) is 5.93. The van der Waals surface area contributed by atoms with Gasteiger partial charge in [0.2, 0.25) is 0 Å². The topological polar surface area (TPSA) is 173 Å². The summed E-state index contributed by atoms with van der Waals surface area (Å²) in [5.41, 5.74) is 1.22. The van der Waals surface area contributed by atoms with Gasteiger partial charge in [0.1, 0.15) is 6.10 Å². The maximum Gasteiger partial charge on any atom is 0.338 e. The molecule has 2 aromatic carbocycles. The van der Waals surface area contributed by atoms with Crippen LogP contribution in [0.3, 0.4) is 0 Å². The summed E-state index contributed by atoms with van der Waals surface area (Å²) in [5.74, 6) is -0.781. The van der Waals surface area contributed by atoms with Crippen LogP contribution in [0.15, 0.2) is 60.7 Å². The first-order valence-corrected chi connectivity index (χ1v) is 16.5. The van der Waals surface area contributed by atoms with Gasteiger partial charge in [0.15, 0.2) is 12.4 Å². The van der Waals surface area contributed by atoms with Crippen LogP contribution in [0.4, 0.5) is 0 Å². The standard InChI is InChI=1S/C35H49NO11/c1-43-28(39)18-12-4-2-3-5-13-19-44-35-33(47-34(42)24-16-10-7-11-17-24)32(45-22-23-14-8-6-9-15-23)27(46-35)20-25(37)30(40)29-31(41)26(38)21-36-29/h6-11,14-17,25-27,29-33,35-38,40-41H,2-5,12-13,18-22H2,1H3/t25?,26-,27-,29-,30+,31+,32-,33+,35+/m1/s1. The lowest BCUT2D eigenvalue weighted by atomic mass is 9.95. The summed E-state index contributed by atoms with van der Waals surface area (Å²) >= 11 is 0. The number of carbonyl (C=O) groups excluding carboxylic acids is 2. The third-order valence-corrected chi connectivity index (χ3v) is 8.65. The van der Waals surface area contributed by atoms with E-state index in [4.69, 9.17) is 18.9 Å². The van der Waals surface area contributed by atoms with Crippen molar-refractivity contribution in [3.63, 3.8) is 0 Å². The maximum absolute atomic E-state index is 13.2. The molecule has 0 amide bonds. The fourth-order valence-electron chi connectivity index (χ4n) is 5.93. The summed E-state index contributed by atoms with van der Waals surface area (Å²) in [7, 11) is 1.39. The van der Waals surface area contributed by atoms with Crippen molar-refractivity contribution in [2.24, 2.45) is 0 Å². The van der Waals surface area contributed by atoms with Crippen molar-refractivity contribution in [3.05, 3.63) is 71.8 Å². The zero-order valence-corrected chi connectivity index (χ0v) is 26.9. The van der Waals surface area contributed by atoms with Gasteiger partial charge < -0.3 is 49.4 Å². The minimum absolute atomic E-state index is 0.0826. The van der Waals surface area contributed by atoms with Crippen LogP contribution in [0.2, 0.25) is 0 Å². The molecule has 5 N–H and O–H groups in total. The van der Waals surface area contributed by atoms with E-state index in [1.54, 1.807) is 30.3 Å². The summed E-state index contributed by atoms with van der Waals surface area (Å²) in [6.07, 6.45) is -3.23. The third kappa shape index (κ3) is 11.0. The van der Waals surface area contributed by atoms with Gasteiger partial charge >= 0.3 is 11.9 Å². The van der Waals surface area contributed by atoms with Crippen molar-refractivity contribution in [2.45, 2.75) is 113 Å². The summed E-state index contributed by atoms with van der Waals surface area (Å²) in [6, 6.07) is 17.1. The van der Waals surface area contributed by atoms with Gasteiger partial charge in [-0.05, 0) is 30.5 Å². The molecule has 260 valence electrons. The Bertz CT molecular complexity index is 1200. The first-order chi connectivity index (χ1) is 22.8. The summed E-state index contributed by atoms with van der Waals surface area (Å²) in [5, 5.41) is 45.0. The number of benzene rings is 2. The van der Waals surface area contributed by atoms with Crippen LogP contribution in [0, 0.1) is 0 Å². The molecule has 0 radical (unpaired) electrons. The molecule has 2 saturated heterocycles. The second kappa shape index (κ2) is 19.2. The lowest BCUT2D eigenvalue weighted by molar-refractivity contribution is -0.172. The third-order valence-electron chi connectivity index (χ3n) is 8.65. The van der Waals surface area contributed by atoms with E-state index in [9.17, 15) is 30.0 Å². The monoisotopic (exact) mass is 659 g/mol. The van der Waals surface area contributed by atoms with Crippen molar-refractivity contribution >= 4 is 11.9 Å². The quantitative estimate of drug-likeness (QED) is 0.110. The Hall–Kier alpha value is -2.94. The van der Waals surface area contributed by atoms with Gasteiger partial charge in [-0.15, -0.1) is 0 Å². The van der Waals surface area contributed by atoms with E-state index in [0.29, 0.717) is 18.6 Å². The lowest BCUT2D eigenvalue weighted by Crippen LogP contribution is -2.50. The van der Waals surface area contributed by atoms with Gasteiger partial charge in [-0.25, -0.2) is 4.79 Å². The predicted octanol–water partition coefficient (Wildman–Crippen LogP) is 2.25. The second-order valence-electron chi connectivity index (χ2n) is 12.1.